The first-order chi connectivity index (χ1) is 10.1. The second-order valence-electron chi connectivity index (χ2n) is 5.09. The van der Waals surface area contributed by atoms with Gasteiger partial charge in [-0.3, -0.25) is 9.69 Å². The number of benzene rings is 1. The van der Waals surface area contributed by atoms with Crippen LogP contribution in [0.5, 0.6) is 0 Å². The smallest absolute Gasteiger partial charge is 0.236 e. The second kappa shape index (κ2) is 7.73. The van der Waals surface area contributed by atoms with Crippen molar-refractivity contribution in [2.75, 3.05) is 20.6 Å². The zero-order valence-electron chi connectivity index (χ0n) is 12.3. The number of hydrogen-bond acceptors (Lipinski definition) is 3. The Bertz CT molecular complexity index is 586. The molecular weight excluding hydrogens is 348 g/mol. The third kappa shape index (κ3) is 4.95. The van der Waals surface area contributed by atoms with Gasteiger partial charge in [0.2, 0.25) is 5.91 Å². The van der Waals surface area contributed by atoms with Gasteiger partial charge < -0.3 is 4.90 Å². The van der Waals surface area contributed by atoms with E-state index in [0.717, 1.165) is 11.0 Å². The largest absolute Gasteiger partial charge is 0.340 e. The number of thiophene rings is 1. The summed E-state index contributed by atoms with van der Waals surface area (Å²) in [5.74, 6) is 0.137. The molecule has 3 nitrogen and oxygen atoms in total. The molecule has 0 spiro atoms. The topological polar surface area (TPSA) is 23.6 Å². The van der Waals surface area contributed by atoms with Crippen molar-refractivity contribution in [1.82, 2.24) is 9.80 Å². The van der Waals surface area contributed by atoms with Gasteiger partial charge in [0.1, 0.15) is 0 Å². The van der Waals surface area contributed by atoms with E-state index in [0.29, 0.717) is 13.1 Å². The molecule has 0 unspecified atom stereocenters. The Labute approximate surface area is 138 Å². The minimum atomic E-state index is 0.137. The fourth-order valence-corrected chi connectivity index (χ4v) is 3.22. The quantitative estimate of drug-likeness (QED) is 0.779. The maximum atomic E-state index is 12.2. The van der Waals surface area contributed by atoms with Crippen LogP contribution >= 0.6 is 27.3 Å². The lowest BCUT2D eigenvalue weighted by Crippen LogP contribution is -2.35. The molecule has 0 atom stereocenters. The molecule has 0 aliphatic carbocycles. The fraction of sp³-hybridized carbons (Fsp3) is 0.312. The fourth-order valence-electron chi connectivity index (χ4n) is 2.05. The summed E-state index contributed by atoms with van der Waals surface area (Å²) in [5.41, 5.74) is 1.19. The maximum absolute atomic E-state index is 12.2. The van der Waals surface area contributed by atoms with Gasteiger partial charge in [-0.1, -0.05) is 40.2 Å². The van der Waals surface area contributed by atoms with E-state index in [-0.39, 0.29) is 5.91 Å². The molecule has 1 amide bonds. The standard InChI is InChI=1S/C16H19BrN2OS/c1-18(10-13-6-3-4-8-15(13)17)12-16(20)19(2)11-14-7-5-9-21-14/h3-9H,10-12H2,1-2H3. The van der Waals surface area contributed by atoms with Crippen molar-refractivity contribution in [3.05, 3.63) is 56.7 Å². The highest BCUT2D eigenvalue weighted by Crippen LogP contribution is 2.17. The Balaban J connectivity index is 1.85. The van der Waals surface area contributed by atoms with E-state index in [4.69, 9.17) is 0 Å². The van der Waals surface area contributed by atoms with Crippen molar-refractivity contribution >= 4 is 33.2 Å². The van der Waals surface area contributed by atoms with Gasteiger partial charge in [-0.25, -0.2) is 0 Å². The van der Waals surface area contributed by atoms with Crippen LogP contribution in [-0.2, 0) is 17.9 Å². The summed E-state index contributed by atoms with van der Waals surface area (Å²) in [7, 11) is 3.82. The van der Waals surface area contributed by atoms with Crippen LogP contribution in [0.25, 0.3) is 0 Å². The van der Waals surface area contributed by atoms with Gasteiger partial charge in [0.25, 0.3) is 0 Å². The molecule has 0 radical (unpaired) electrons. The Hall–Kier alpha value is -1.17. The summed E-state index contributed by atoms with van der Waals surface area (Å²) in [6, 6.07) is 12.2. The van der Waals surface area contributed by atoms with Gasteiger partial charge >= 0.3 is 0 Å². The van der Waals surface area contributed by atoms with E-state index in [2.05, 4.69) is 28.1 Å². The molecule has 2 aromatic rings. The molecule has 0 fully saturated rings. The van der Waals surface area contributed by atoms with Crippen molar-refractivity contribution in [1.29, 1.82) is 0 Å². The van der Waals surface area contributed by atoms with Crippen molar-refractivity contribution in [3.8, 4) is 0 Å². The summed E-state index contributed by atoms with van der Waals surface area (Å²) in [4.78, 5) is 17.3. The molecule has 112 valence electrons. The van der Waals surface area contributed by atoms with Crippen LogP contribution in [0.1, 0.15) is 10.4 Å². The lowest BCUT2D eigenvalue weighted by atomic mass is 10.2. The number of rotatable bonds is 6. The highest BCUT2D eigenvalue weighted by molar-refractivity contribution is 9.10. The van der Waals surface area contributed by atoms with Gasteiger partial charge in [-0.15, -0.1) is 11.3 Å². The van der Waals surface area contributed by atoms with E-state index in [1.54, 1.807) is 16.2 Å². The van der Waals surface area contributed by atoms with Gasteiger partial charge in [0.05, 0.1) is 13.1 Å². The third-order valence-electron chi connectivity index (χ3n) is 3.20. The van der Waals surface area contributed by atoms with Crippen molar-refractivity contribution in [2.45, 2.75) is 13.1 Å². The number of amides is 1. The van der Waals surface area contributed by atoms with E-state index in [9.17, 15) is 4.79 Å². The zero-order chi connectivity index (χ0) is 15.2. The molecule has 0 saturated heterocycles. The predicted molar refractivity (Wildman–Crippen MR) is 91.3 cm³/mol. The highest BCUT2D eigenvalue weighted by Gasteiger charge is 2.13. The van der Waals surface area contributed by atoms with Crippen LogP contribution in [0.3, 0.4) is 0 Å². The molecule has 1 heterocycles. The van der Waals surface area contributed by atoms with Crippen LogP contribution in [0.15, 0.2) is 46.3 Å². The first-order valence-corrected chi connectivity index (χ1v) is 8.42. The normalized spacial score (nSPS) is 10.9. The van der Waals surface area contributed by atoms with E-state index < -0.39 is 0 Å². The molecule has 0 bridgehead atoms. The minimum Gasteiger partial charge on any atom is -0.340 e. The van der Waals surface area contributed by atoms with Gasteiger partial charge in [0.15, 0.2) is 0 Å². The Morgan fingerprint density at radius 1 is 1.14 bits per heavy atom. The van der Waals surface area contributed by atoms with Crippen LogP contribution < -0.4 is 0 Å². The second-order valence-corrected chi connectivity index (χ2v) is 6.98. The average Bonchev–Trinajstić information content (AvgIpc) is 2.94. The Morgan fingerprint density at radius 2 is 1.90 bits per heavy atom. The summed E-state index contributed by atoms with van der Waals surface area (Å²) in [6.45, 7) is 1.85. The molecule has 21 heavy (non-hydrogen) atoms. The maximum Gasteiger partial charge on any atom is 0.236 e. The Morgan fingerprint density at radius 3 is 2.57 bits per heavy atom. The first-order valence-electron chi connectivity index (χ1n) is 6.74. The molecule has 2 rings (SSSR count). The SMILES string of the molecule is CN(CC(=O)N(C)Cc1cccs1)Cc1ccccc1Br. The lowest BCUT2D eigenvalue weighted by Gasteiger charge is -2.22. The van der Waals surface area contributed by atoms with Crippen molar-refractivity contribution < 1.29 is 4.79 Å². The molecule has 0 aliphatic rings. The number of likely N-dealkylation sites (N-methyl/N-ethyl adjacent to an activating group) is 2. The molecule has 0 aliphatic heterocycles. The van der Waals surface area contributed by atoms with Gasteiger partial charge in [-0.2, -0.15) is 0 Å². The molecule has 1 aromatic heterocycles. The summed E-state index contributed by atoms with van der Waals surface area (Å²) < 4.78 is 1.08. The molecule has 1 aromatic carbocycles. The third-order valence-corrected chi connectivity index (χ3v) is 4.84. The van der Waals surface area contributed by atoms with Crippen LogP contribution in [-0.4, -0.2) is 36.3 Å². The number of halogens is 1. The van der Waals surface area contributed by atoms with E-state index >= 15 is 0 Å². The summed E-state index contributed by atoms with van der Waals surface area (Å²) >= 11 is 5.22. The van der Waals surface area contributed by atoms with Gasteiger partial charge in [-0.05, 0) is 30.1 Å². The van der Waals surface area contributed by atoms with Crippen LogP contribution in [0.2, 0.25) is 0 Å². The minimum absolute atomic E-state index is 0.137. The van der Waals surface area contributed by atoms with Crippen LogP contribution in [0.4, 0.5) is 0 Å². The number of carbonyl (C=O) groups excluding carboxylic acids is 1. The average molecular weight is 367 g/mol. The summed E-state index contributed by atoms with van der Waals surface area (Å²) in [6.07, 6.45) is 0. The molecule has 5 heteroatoms. The molecule has 0 saturated carbocycles. The van der Waals surface area contributed by atoms with E-state index in [1.807, 2.05) is 48.6 Å². The number of nitrogens with zero attached hydrogens (tertiary/aromatic N) is 2. The molecular formula is C16H19BrN2OS. The highest BCUT2D eigenvalue weighted by atomic mass is 79.9. The van der Waals surface area contributed by atoms with Crippen LogP contribution in [0, 0.1) is 0 Å². The van der Waals surface area contributed by atoms with E-state index in [1.165, 1.54) is 10.4 Å². The van der Waals surface area contributed by atoms with Gasteiger partial charge in [0, 0.05) is 22.9 Å². The lowest BCUT2D eigenvalue weighted by molar-refractivity contribution is -0.131. The Kier molecular flexibility index (Phi) is 5.96. The number of hydrogen-bond donors (Lipinski definition) is 0. The molecule has 0 N–H and O–H groups in total. The summed E-state index contributed by atoms with van der Waals surface area (Å²) in [5, 5.41) is 2.03. The predicted octanol–water partition coefficient (Wildman–Crippen LogP) is 3.60. The van der Waals surface area contributed by atoms with Crippen molar-refractivity contribution in [3.63, 3.8) is 0 Å². The zero-order valence-corrected chi connectivity index (χ0v) is 14.7. The van der Waals surface area contributed by atoms with Crippen molar-refractivity contribution in [2.24, 2.45) is 0 Å². The first kappa shape index (κ1) is 16.2. The number of carbonyl (C=O) groups is 1. The monoisotopic (exact) mass is 366 g/mol.